The maximum atomic E-state index is 13.0. The average Bonchev–Trinajstić information content (AvgIpc) is 2.45. The fourth-order valence-electron chi connectivity index (χ4n) is 1.80. The van der Waals surface area contributed by atoms with E-state index >= 15 is 0 Å². The molecule has 0 amide bonds. The minimum absolute atomic E-state index is 0.0671. The van der Waals surface area contributed by atoms with Gasteiger partial charge in [0.2, 0.25) is 5.78 Å². The van der Waals surface area contributed by atoms with Gasteiger partial charge in [0.15, 0.2) is 0 Å². The third-order valence-corrected chi connectivity index (χ3v) is 2.68. The number of ketones is 1. The average molecular weight is 281 g/mol. The second-order valence-corrected chi connectivity index (χ2v) is 3.92. The van der Waals surface area contributed by atoms with E-state index < -0.39 is 23.1 Å². The third-order valence-electron chi connectivity index (χ3n) is 2.68. The number of alkyl halides is 3. The number of halogens is 3. The van der Waals surface area contributed by atoms with E-state index in [1.807, 2.05) is 0 Å². The van der Waals surface area contributed by atoms with E-state index in [1.54, 1.807) is 6.07 Å². The van der Waals surface area contributed by atoms with Crippen molar-refractivity contribution in [3.63, 3.8) is 0 Å². The lowest BCUT2D eigenvalue weighted by atomic mass is 9.99. The van der Waals surface area contributed by atoms with Crippen molar-refractivity contribution in [3.8, 4) is 5.75 Å². The molecule has 20 heavy (non-hydrogen) atoms. The number of ether oxygens (including phenoxy) is 1. The Labute approximate surface area is 113 Å². The molecule has 0 saturated heterocycles. The monoisotopic (exact) mass is 281 g/mol. The standard InChI is InChI=1S/C14H10F3NO2/c1-20-11-7-4-5-9(14(15,16)17)12(11)13(19)10-6-2-3-8-18-10/h2-8H,1H3. The first kappa shape index (κ1) is 14.0. The van der Waals surface area contributed by atoms with Crippen molar-refractivity contribution in [2.24, 2.45) is 0 Å². The van der Waals surface area contributed by atoms with Crippen LogP contribution in [0.5, 0.6) is 5.75 Å². The van der Waals surface area contributed by atoms with Gasteiger partial charge in [-0.3, -0.25) is 9.78 Å². The summed E-state index contributed by atoms with van der Waals surface area (Å²) < 4.78 is 43.9. The van der Waals surface area contributed by atoms with Crippen molar-refractivity contribution in [3.05, 3.63) is 59.4 Å². The summed E-state index contributed by atoms with van der Waals surface area (Å²) in [4.78, 5) is 16.0. The molecule has 1 aromatic carbocycles. The van der Waals surface area contributed by atoms with Gasteiger partial charge in [0.1, 0.15) is 11.4 Å². The van der Waals surface area contributed by atoms with Crippen LogP contribution < -0.4 is 4.74 Å². The zero-order chi connectivity index (χ0) is 14.8. The molecular formula is C14H10F3NO2. The highest BCUT2D eigenvalue weighted by Crippen LogP contribution is 2.36. The van der Waals surface area contributed by atoms with Crippen molar-refractivity contribution in [2.75, 3.05) is 7.11 Å². The minimum atomic E-state index is -4.64. The fourth-order valence-corrected chi connectivity index (χ4v) is 1.80. The number of carbonyl (C=O) groups excluding carboxylic acids is 1. The van der Waals surface area contributed by atoms with Crippen LogP contribution in [-0.4, -0.2) is 17.9 Å². The molecular weight excluding hydrogens is 271 g/mol. The fraction of sp³-hybridized carbons (Fsp3) is 0.143. The number of hydrogen-bond acceptors (Lipinski definition) is 3. The minimum Gasteiger partial charge on any atom is -0.496 e. The quantitative estimate of drug-likeness (QED) is 0.810. The summed E-state index contributed by atoms with van der Waals surface area (Å²) in [7, 11) is 1.21. The Morgan fingerprint density at radius 1 is 1.15 bits per heavy atom. The smallest absolute Gasteiger partial charge is 0.417 e. The van der Waals surface area contributed by atoms with Gasteiger partial charge in [0.25, 0.3) is 0 Å². The number of benzene rings is 1. The highest BCUT2D eigenvalue weighted by Gasteiger charge is 2.37. The van der Waals surface area contributed by atoms with Crippen LogP contribution in [-0.2, 0) is 6.18 Å². The van der Waals surface area contributed by atoms with E-state index in [9.17, 15) is 18.0 Å². The topological polar surface area (TPSA) is 39.2 Å². The number of pyridine rings is 1. The van der Waals surface area contributed by atoms with Gasteiger partial charge in [-0.1, -0.05) is 12.1 Å². The molecule has 2 rings (SSSR count). The molecule has 0 bridgehead atoms. The number of methoxy groups -OCH3 is 1. The summed E-state index contributed by atoms with van der Waals surface area (Å²) in [5.74, 6) is -0.953. The molecule has 0 atom stereocenters. The molecule has 0 aliphatic rings. The number of hydrogen-bond donors (Lipinski definition) is 0. The third kappa shape index (κ3) is 2.64. The molecule has 1 heterocycles. The zero-order valence-corrected chi connectivity index (χ0v) is 10.4. The molecule has 3 nitrogen and oxygen atoms in total. The lowest BCUT2D eigenvalue weighted by Crippen LogP contribution is -2.15. The van der Waals surface area contributed by atoms with E-state index in [-0.39, 0.29) is 11.4 Å². The predicted molar refractivity (Wildman–Crippen MR) is 65.7 cm³/mol. The molecule has 0 fully saturated rings. The van der Waals surface area contributed by atoms with Crippen molar-refractivity contribution in [1.82, 2.24) is 4.98 Å². The highest BCUT2D eigenvalue weighted by atomic mass is 19.4. The second-order valence-electron chi connectivity index (χ2n) is 3.92. The van der Waals surface area contributed by atoms with Gasteiger partial charge in [0, 0.05) is 6.20 Å². The number of nitrogens with zero attached hydrogens (tertiary/aromatic N) is 1. The maximum absolute atomic E-state index is 13.0. The molecule has 0 aliphatic heterocycles. The Bertz CT molecular complexity index is 624. The van der Waals surface area contributed by atoms with Gasteiger partial charge >= 0.3 is 6.18 Å². The Morgan fingerprint density at radius 2 is 1.90 bits per heavy atom. The summed E-state index contributed by atoms with van der Waals surface area (Å²) in [5.41, 5.74) is -1.63. The Morgan fingerprint density at radius 3 is 2.45 bits per heavy atom. The molecule has 0 aliphatic carbocycles. The van der Waals surface area contributed by atoms with Crippen molar-refractivity contribution < 1.29 is 22.7 Å². The first-order valence-electron chi connectivity index (χ1n) is 5.65. The lowest BCUT2D eigenvalue weighted by molar-refractivity contribution is -0.138. The highest BCUT2D eigenvalue weighted by molar-refractivity contribution is 6.10. The molecule has 2 aromatic rings. The van der Waals surface area contributed by atoms with E-state index in [0.717, 1.165) is 6.07 Å². The van der Waals surface area contributed by atoms with Crippen LogP contribution in [0.15, 0.2) is 42.6 Å². The number of carbonyl (C=O) groups is 1. The van der Waals surface area contributed by atoms with E-state index in [1.165, 1.54) is 37.6 Å². The SMILES string of the molecule is COc1cccc(C(F)(F)F)c1C(=O)c1ccccn1. The Hall–Kier alpha value is -2.37. The molecule has 0 N–H and O–H groups in total. The Kier molecular flexibility index (Phi) is 3.74. The summed E-state index contributed by atoms with van der Waals surface area (Å²) in [6, 6.07) is 7.81. The first-order chi connectivity index (χ1) is 9.45. The molecule has 0 spiro atoms. The van der Waals surface area contributed by atoms with Crippen LogP contribution in [0.1, 0.15) is 21.6 Å². The summed E-state index contributed by atoms with van der Waals surface area (Å²) in [6.45, 7) is 0. The summed E-state index contributed by atoms with van der Waals surface area (Å²) in [6.07, 6.45) is -3.30. The van der Waals surface area contributed by atoms with E-state index in [0.29, 0.717) is 0 Å². The summed E-state index contributed by atoms with van der Waals surface area (Å²) >= 11 is 0. The lowest BCUT2D eigenvalue weighted by Gasteiger charge is -2.14. The van der Waals surface area contributed by atoms with Crippen LogP contribution >= 0.6 is 0 Å². The molecule has 1 aromatic heterocycles. The zero-order valence-electron chi connectivity index (χ0n) is 10.4. The molecule has 6 heteroatoms. The number of rotatable bonds is 3. The van der Waals surface area contributed by atoms with Gasteiger partial charge in [-0.25, -0.2) is 0 Å². The van der Waals surface area contributed by atoms with Gasteiger partial charge < -0.3 is 4.74 Å². The number of aromatic nitrogens is 1. The van der Waals surface area contributed by atoms with Crippen molar-refractivity contribution in [2.45, 2.75) is 6.18 Å². The van der Waals surface area contributed by atoms with Crippen molar-refractivity contribution in [1.29, 1.82) is 0 Å². The molecule has 0 saturated carbocycles. The second kappa shape index (κ2) is 5.32. The molecule has 0 radical (unpaired) electrons. The van der Waals surface area contributed by atoms with Gasteiger partial charge in [-0.15, -0.1) is 0 Å². The first-order valence-corrected chi connectivity index (χ1v) is 5.65. The Balaban J connectivity index is 2.63. The van der Waals surface area contributed by atoms with Crippen LogP contribution in [0.4, 0.5) is 13.2 Å². The van der Waals surface area contributed by atoms with Crippen LogP contribution in [0, 0.1) is 0 Å². The van der Waals surface area contributed by atoms with E-state index in [2.05, 4.69) is 4.98 Å². The van der Waals surface area contributed by atoms with Gasteiger partial charge in [0.05, 0.1) is 18.2 Å². The normalized spacial score (nSPS) is 11.2. The van der Waals surface area contributed by atoms with Crippen LogP contribution in [0.3, 0.4) is 0 Å². The summed E-state index contributed by atoms with van der Waals surface area (Å²) in [5, 5.41) is 0. The van der Waals surface area contributed by atoms with Gasteiger partial charge in [-0.2, -0.15) is 13.2 Å². The van der Waals surface area contributed by atoms with Crippen LogP contribution in [0.2, 0.25) is 0 Å². The van der Waals surface area contributed by atoms with E-state index in [4.69, 9.17) is 4.74 Å². The predicted octanol–water partition coefficient (Wildman–Crippen LogP) is 3.34. The van der Waals surface area contributed by atoms with Crippen LogP contribution in [0.25, 0.3) is 0 Å². The molecule has 0 unspecified atom stereocenters. The molecule has 104 valence electrons. The van der Waals surface area contributed by atoms with Gasteiger partial charge in [-0.05, 0) is 24.3 Å². The maximum Gasteiger partial charge on any atom is 0.417 e. The van der Waals surface area contributed by atoms with Crippen molar-refractivity contribution >= 4 is 5.78 Å². The largest absolute Gasteiger partial charge is 0.496 e.